The van der Waals surface area contributed by atoms with E-state index in [4.69, 9.17) is 14.2 Å². The Morgan fingerprint density at radius 3 is 3.11 bits per heavy atom. The van der Waals surface area contributed by atoms with Gasteiger partial charge in [-0.15, -0.1) is 0 Å². The SMILES string of the molecule is COc1c(F)cc2c(c1CC1CCCN1)OCO2. The summed E-state index contributed by atoms with van der Waals surface area (Å²) in [5, 5.41) is 3.39. The van der Waals surface area contributed by atoms with Gasteiger partial charge in [0.1, 0.15) is 0 Å². The number of hydrogen-bond acceptors (Lipinski definition) is 4. The summed E-state index contributed by atoms with van der Waals surface area (Å²) in [5.74, 6) is 0.978. The number of nitrogens with one attached hydrogen (secondary N) is 1. The van der Waals surface area contributed by atoms with Crippen LogP contribution in [-0.4, -0.2) is 26.5 Å². The monoisotopic (exact) mass is 253 g/mol. The summed E-state index contributed by atoms with van der Waals surface area (Å²) < 4.78 is 29.8. The highest BCUT2D eigenvalue weighted by molar-refractivity contribution is 5.56. The van der Waals surface area contributed by atoms with E-state index in [1.165, 1.54) is 13.2 Å². The molecule has 0 bridgehead atoms. The van der Waals surface area contributed by atoms with Gasteiger partial charge in [-0.1, -0.05) is 0 Å². The van der Waals surface area contributed by atoms with Crippen LogP contribution in [0, 0.1) is 5.82 Å². The smallest absolute Gasteiger partial charge is 0.231 e. The fourth-order valence-electron chi connectivity index (χ4n) is 2.64. The van der Waals surface area contributed by atoms with Gasteiger partial charge in [0.15, 0.2) is 23.1 Å². The van der Waals surface area contributed by atoms with E-state index >= 15 is 0 Å². The number of halogens is 1. The lowest BCUT2D eigenvalue weighted by molar-refractivity contribution is 0.173. The zero-order chi connectivity index (χ0) is 12.5. The Bertz CT molecular complexity index is 454. The molecule has 98 valence electrons. The van der Waals surface area contributed by atoms with Gasteiger partial charge in [-0.25, -0.2) is 4.39 Å². The van der Waals surface area contributed by atoms with Crippen LogP contribution in [0.3, 0.4) is 0 Å². The lowest BCUT2D eigenvalue weighted by Gasteiger charge is -2.16. The molecule has 1 atom stereocenters. The van der Waals surface area contributed by atoms with Crippen molar-refractivity contribution in [1.29, 1.82) is 0 Å². The van der Waals surface area contributed by atoms with E-state index in [1.54, 1.807) is 0 Å². The second-order valence-electron chi connectivity index (χ2n) is 4.60. The molecule has 0 amide bonds. The summed E-state index contributed by atoms with van der Waals surface area (Å²) in [4.78, 5) is 0. The Labute approximate surface area is 105 Å². The molecule has 0 saturated carbocycles. The fourth-order valence-corrected chi connectivity index (χ4v) is 2.64. The summed E-state index contributed by atoms with van der Waals surface area (Å²) in [6, 6.07) is 1.68. The lowest BCUT2D eigenvalue weighted by atomic mass is 10.0. The molecule has 0 radical (unpaired) electrons. The Kier molecular flexibility index (Phi) is 2.99. The van der Waals surface area contributed by atoms with E-state index in [9.17, 15) is 4.39 Å². The van der Waals surface area contributed by atoms with Crippen LogP contribution in [0.5, 0.6) is 17.2 Å². The second kappa shape index (κ2) is 4.65. The van der Waals surface area contributed by atoms with Gasteiger partial charge in [-0.3, -0.25) is 0 Å². The first-order chi connectivity index (χ1) is 8.79. The number of ether oxygens (including phenoxy) is 3. The summed E-state index contributed by atoms with van der Waals surface area (Å²) in [5.41, 5.74) is 0.768. The van der Waals surface area contributed by atoms with Crippen molar-refractivity contribution in [3.8, 4) is 17.2 Å². The molecule has 1 unspecified atom stereocenters. The van der Waals surface area contributed by atoms with Crippen LogP contribution < -0.4 is 19.5 Å². The molecular weight excluding hydrogens is 237 g/mol. The maximum absolute atomic E-state index is 13.9. The number of benzene rings is 1. The van der Waals surface area contributed by atoms with Crippen molar-refractivity contribution in [1.82, 2.24) is 5.32 Å². The van der Waals surface area contributed by atoms with Gasteiger partial charge >= 0.3 is 0 Å². The predicted molar refractivity (Wildman–Crippen MR) is 63.8 cm³/mol. The molecule has 2 aliphatic heterocycles. The van der Waals surface area contributed by atoms with Gasteiger partial charge in [0.05, 0.1) is 7.11 Å². The van der Waals surface area contributed by atoms with Crippen molar-refractivity contribution in [2.75, 3.05) is 20.4 Å². The van der Waals surface area contributed by atoms with Crippen molar-refractivity contribution in [3.05, 3.63) is 17.4 Å². The quantitative estimate of drug-likeness (QED) is 0.892. The van der Waals surface area contributed by atoms with Crippen LogP contribution in [-0.2, 0) is 6.42 Å². The van der Waals surface area contributed by atoms with Crippen LogP contribution in [0.2, 0.25) is 0 Å². The van der Waals surface area contributed by atoms with Gasteiger partial charge in [-0.2, -0.15) is 0 Å². The topological polar surface area (TPSA) is 39.7 Å². The Morgan fingerprint density at radius 1 is 1.50 bits per heavy atom. The first kappa shape index (κ1) is 11.6. The van der Waals surface area contributed by atoms with Crippen molar-refractivity contribution in [2.24, 2.45) is 0 Å². The van der Waals surface area contributed by atoms with E-state index in [2.05, 4.69) is 5.32 Å². The molecule has 1 aromatic rings. The van der Waals surface area contributed by atoms with Gasteiger partial charge < -0.3 is 19.5 Å². The zero-order valence-electron chi connectivity index (χ0n) is 10.3. The van der Waals surface area contributed by atoms with Crippen molar-refractivity contribution in [3.63, 3.8) is 0 Å². The summed E-state index contributed by atoms with van der Waals surface area (Å²) in [7, 11) is 1.48. The molecule has 2 heterocycles. The minimum Gasteiger partial charge on any atom is -0.493 e. The molecule has 0 aromatic heterocycles. The standard InChI is InChI=1S/C13H16FNO3/c1-16-12-9(5-8-3-2-4-15-8)13-11(6-10(12)14)17-7-18-13/h6,8,15H,2-5,7H2,1H3. The maximum Gasteiger partial charge on any atom is 0.231 e. The number of hydrogen-bond donors (Lipinski definition) is 1. The lowest BCUT2D eigenvalue weighted by Crippen LogP contribution is -2.24. The van der Waals surface area contributed by atoms with Gasteiger partial charge in [-0.05, 0) is 25.8 Å². The Hall–Kier alpha value is -1.49. The molecule has 0 spiro atoms. The van der Waals surface area contributed by atoms with E-state index in [0.29, 0.717) is 24.0 Å². The number of rotatable bonds is 3. The molecule has 3 rings (SSSR count). The van der Waals surface area contributed by atoms with E-state index in [1.807, 2.05) is 0 Å². The fraction of sp³-hybridized carbons (Fsp3) is 0.538. The second-order valence-corrected chi connectivity index (χ2v) is 4.60. The van der Waals surface area contributed by atoms with Gasteiger partial charge in [0.25, 0.3) is 0 Å². The molecule has 1 fully saturated rings. The van der Waals surface area contributed by atoms with Crippen molar-refractivity contribution >= 4 is 0 Å². The summed E-state index contributed by atoms with van der Waals surface area (Å²) in [6.07, 6.45) is 2.95. The third-order valence-electron chi connectivity index (χ3n) is 3.48. The van der Waals surface area contributed by atoms with Crippen LogP contribution in [0.25, 0.3) is 0 Å². The van der Waals surface area contributed by atoms with Crippen LogP contribution in [0.15, 0.2) is 6.07 Å². The third kappa shape index (κ3) is 1.88. The van der Waals surface area contributed by atoms with E-state index in [-0.39, 0.29) is 12.5 Å². The number of methoxy groups -OCH3 is 1. The highest BCUT2D eigenvalue weighted by atomic mass is 19.1. The van der Waals surface area contributed by atoms with Gasteiger partial charge in [0, 0.05) is 17.7 Å². The van der Waals surface area contributed by atoms with Gasteiger partial charge in [0.2, 0.25) is 6.79 Å². The predicted octanol–water partition coefficient (Wildman–Crippen LogP) is 1.86. The highest BCUT2D eigenvalue weighted by Crippen LogP contribution is 2.43. The maximum atomic E-state index is 13.9. The average molecular weight is 253 g/mol. The van der Waals surface area contributed by atoms with Crippen LogP contribution >= 0.6 is 0 Å². The molecule has 0 aliphatic carbocycles. The zero-order valence-corrected chi connectivity index (χ0v) is 10.3. The van der Waals surface area contributed by atoms with E-state index < -0.39 is 5.82 Å². The normalized spacial score (nSPS) is 21.3. The minimum absolute atomic E-state index is 0.146. The molecule has 5 heteroatoms. The summed E-state index contributed by atoms with van der Waals surface area (Å²) >= 11 is 0. The molecule has 1 saturated heterocycles. The van der Waals surface area contributed by atoms with Crippen LogP contribution in [0.1, 0.15) is 18.4 Å². The molecule has 1 N–H and O–H groups in total. The number of fused-ring (bicyclic) bond motifs is 1. The first-order valence-corrected chi connectivity index (χ1v) is 6.18. The molecule has 1 aromatic carbocycles. The minimum atomic E-state index is -0.394. The molecule has 18 heavy (non-hydrogen) atoms. The Balaban J connectivity index is 1.99. The van der Waals surface area contributed by atoms with Crippen molar-refractivity contribution in [2.45, 2.75) is 25.3 Å². The molecule has 2 aliphatic rings. The molecule has 4 nitrogen and oxygen atoms in total. The molecular formula is C13H16FNO3. The Morgan fingerprint density at radius 2 is 2.39 bits per heavy atom. The van der Waals surface area contributed by atoms with Crippen molar-refractivity contribution < 1.29 is 18.6 Å². The first-order valence-electron chi connectivity index (χ1n) is 6.18. The van der Waals surface area contributed by atoms with E-state index in [0.717, 1.165) is 24.9 Å². The third-order valence-corrected chi connectivity index (χ3v) is 3.48. The summed E-state index contributed by atoms with van der Waals surface area (Å²) in [6.45, 7) is 1.16. The highest BCUT2D eigenvalue weighted by Gasteiger charge is 2.28. The average Bonchev–Trinajstić information content (AvgIpc) is 2.99. The largest absolute Gasteiger partial charge is 0.493 e. The van der Waals surface area contributed by atoms with Crippen LogP contribution in [0.4, 0.5) is 4.39 Å².